The van der Waals surface area contributed by atoms with Crippen molar-refractivity contribution in [1.29, 1.82) is 0 Å². The second-order valence-electron chi connectivity index (χ2n) is 4.74. The van der Waals surface area contributed by atoms with E-state index >= 15 is 0 Å². The molecular formula is C15H12F3N3O4. The van der Waals surface area contributed by atoms with Crippen LogP contribution >= 0.6 is 0 Å². The van der Waals surface area contributed by atoms with E-state index in [2.05, 4.69) is 15.6 Å². The number of nitrogens with one attached hydrogen (secondary N) is 2. The Balaban J connectivity index is 1.88. The number of aromatic nitrogens is 1. The van der Waals surface area contributed by atoms with Crippen molar-refractivity contribution in [2.24, 2.45) is 0 Å². The Morgan fingerprint density at radius 2 is 1.72 bits per heavy atom. The van der Waals surface area contributed by atoms with Gasteiger partial charge in [-0.2, -0.15) is 0 Å². The first-order chi connectivity index (χ1) is 11.7. The molecule has 0 unspecified atom stereocenters. The lowest BCUT2D eigenvalue weighted by atomic mass is 10.2. The molecular weight excluding hydrogens is 343 g/mol. The Bertz CT molecular complexity index is 816. The van der Waals surface area contributed by atoms with Crippen LogP contribution < -0.4 is 21.1 Å². The summed E-state index contributed by atoms with van der Waals surface area (Å²) < 4.78 is 40.9. The standard InChI is InChI=1S/C15H12F3N3O4/c16-15(17,18)25-11-6-4-10(5-7-11)14(24)20-19-12(22)9-21-8-2-1-3-13(21)23/h1-8H,9H2,(H,19,22)(H,20,24). The summed E-state index contributed by atoms with van der Waals surface area (Å²) in [6, 6.07) is 8.50. The third-order valence-corrected chi connectivity index (χ3v) is 2.88. The third kappa shape index (κ3) is 5.68. The van der Waals surface area contributed by atoms with Crippen molar-refractivity contribution in [2.75, 3.05) is 0 Å². The number of nitrogens with zero attached hydrogens (tertiary/aromatic N) is 1. The molecule has 0 spiro atoms. The molecule has 2 amide bonds. The van der Waals surface area contributed by atoms with Gasteiger partial charge in [0.25, 0.3) is 17.4 Å². The van der Waals surface area contributed by atoms with E-state index in [0.717, 1.165) is 28.8 Å². The first-order valence-electron chi connectivity index (χ1n) is 6.85. The van der Waals surface area contributed by atoms with Crippen molar-refractivity contribution in [3.05, 3.63) is 64.6 Å². The van der Waals surface area contributed by atoms with Crippen molar-refractivity contribution >= 4 is 11.8 Å². The van der Waals surface area contributed by atoms with Gasteiger partial charge in [-0.25, -0.2) is 0 Å². The zero-order valence-electron chi connectivity index (χ0n) is 12.5. The molecule has 1 heterocycles. The minimum atomic E-state index is -4.83. The van der Waals surface area contributed by atoms with Gasteiger partial charge in [-0.15, -0.1) is 13.2 Å². The van der Waals surface area contributed by atoms with Gasteiger partial charge in [0.05, 0.1) is 0 Å². The fourth-order valence-corrected chi connectivity index (χ4v) is 1.79. The first kappa shape index (κ1) is 18.0. The van der Waals surface area contributed by atoms with Crippen LogP contribution in [-0.2, 0) is 11.3 Å². The second kappa shape index (κ2) is 7.51. The number of benzene rings is 1. The maximum Gasteiger partial charge on any atom is 0.573 e. The van der Waals surface area contributed by atoms with Crippen LogP contribution in [0.2, 0.25) is 0 Å². The number of pyridine rings is 1. The van der Waals surface area contributed by atoms with Crippen LogP contribution in [0.1, 0.15) is 10.4 Å². The molecule has 0 saturated carbocycles. The molecule has 0 bridgehead atoms. The molecule has 0 fully saturated rings. The number of hydrazine groups is 1. The molecule has 1 aromatic carbocycles. The predicted octanol–water partition coefficient (Wildman–Crippen LogP) is 1.21. The minimum Gasteiger partial charge on any atom is -0.406 e. The first-order valence-corrected chi connectivity index (χ1v) is 6.85. The number of hydrogen-bond acceptors (Lipinski definition) is 4. The summed E-state index contributed by atoms with van der Waals surface area (Å²) in [6.07, 6.45) is -3.42. The van der Waals surface area contributed by atoms with Crippen molar-refractivity contribution < 1.29 is 27.5 Å². The summed E-state index contributed by atoms with van der Waals surface area (Å²) in [4.78, 5) is 34.9. The zero-order chi connectivity index (χ0) is 18.4. The maximum atomic E-state index is 12.0. The smallest absolute Gasteiger partial charge is 0.406 e. The zero-order valence-corrected chi connectivity index (χ0v) is 12.5. The molecule has 132 valence electrons. The van der Waals surface area contributed by atoms with E-state index in [4.69, 9.17) is 0 Å². The number of carbonyl (C=O) groups excluding carboxylic acids is 2. The van der Waals surface area contributed by atoms with E-state index in [1.165, 1.54) is 18.3 Å². The SMILES string of the molecule is O=C(Cn1ccccc1=O)NNC(=O)c1ccc(OC(F)(F)F)cc1. The normalized spacial score (nSPS) is 10.8. The van der Waals surface area contributed by atoms with Crippen LogP contribution in [0.4, 0.5) is 13.2 Å². The summed E-state index contributed by atoms with van der Waals surface area (Å²) in [5.41, 5.74) is 3.81. The van der Waals surface area contributed by atoms with Gasteiger partial charge in [0.1, 0.15) is 12.3 Å². The average Bonchev–Trinajstić information content (AvgIpc) is 2.54. The van der Waals surface area contributed by atoms with Crippen LogP contribution in [0, 0.1) is 0 Å². The van der Waals surface area contributed by atoms with Crippen LogP contribution in [0.5, 0.6) is 5.75 Å². The van der Waals surface area contributed by atoms with Crippen LogP contribution in [-0.4, -0.2) is 22.7 Å². The van der Waals surface area contributed by atoms with Gasteiger partial charge < -0.3 is 9.30 Å². The number of alkyl halides is 3. The van der Waals surface area contributed by atoms with E-state index in [1.54, 1.807) is 6.07 Å². The molecule has 25 heavy (non-hydrogen) atoms. The van der Waals surface area contributed by atoms with Gasteiger partial charge >= 0.3 is 6.36 Å². The van der Waals surface area contributed by atoms with Crippen LogP contribution in [0.25, 0.3) is 0 Å². The molecule has 0 saturated heterocycles. The molecule has 2 rings (SSSR count). The molecule has 7 nitrogen and oxygen atoms in total. The summed E-state index contributed by atoms with van der Waals surface area (Å²) >= 11 is 0. The highest BCUT2D eigenvalue weighted by Crippen LogP contribution is 2.22. The Morgan fingerprint density at radius 3 is 2.32 bits per heavy atom. The number of carbonyl (C=O) groups is 2. The molecule has 0 radical (unpaired) electrons. The number of amides is 2. The summed E-state index contributed by atoms with van der Waals surface area (Å²) in [5, 5.41) is 0. The topological polar surface area (TPSA) is 89.4 Å². The maximum absolute atomic E-state index is 12.0. The lowest BCUT2D eigenvalue weighted by Crippen LogP contribution is -2.44. The quantitative estimate of drug-likeness (QED) is 0.807. The summed E-state index contributed by atoms with van der Waals surface area (Å²) in [5.74, 6) is -1.87. The van der Waals surface area contributed by atoms with E-state index in [1.807, 2.05) is 0 Å². The lowest BCUT2D eigenvalue weighted by Gasteiger charge is -2.10. The largest absolute Gasteiger partial charge is 0.573 e. The van der Waals surface area contributed by atoms with Gasteiger partial charge in [0.2, 0.25) is 0 Å². The van der Waals surface area contributed by atoms with Gasteiger partial charge in [-0.1, -0.05) is 6.07 Å². The monoisotopic (exact) mass is 355 g/mol. The number of halogens is 3. The summed E-state index contributed by atoms with van der Waals surface area (Å²) in [6.45, 7) is -0.307. The highest BCUT2D eigenvalue weighted by Gasteiger charge is 2.31. The number of ether oxygens (including phenoxy) is 1. The Labute approximate surface area is 139 Å². The van der Waals surface area contributed by atoms with Gasteiger partial charge in [0.15, 0.2) is 0 Å². The highest BCUT2D eigenvalue weighted by molar-refractivity contribution is 5.95. The average molecular weight is 355 g/mol. The number of hydrogen-bond donors (Lipinski definition) is 2. The molecule has 0 aliphatic rings. The Morgan fingerprint density at radius 1 is 1.04 bits per heavy atom. The van der Waals surface area contributed by atoms with Crippen LogP contribution in [0.3, 0.4) is 0 Å². The van der Waals surface area contributed by atoms with Gasteiger partial charge in [-0.3, -0.25) is 25.2 Å². The van der Waals surface area contributed by atoms with E-state index in [9.17, 15) is 27.6 Å². The molecule has 0 aliphatic carbocycles. The van der Waals surface area contributed by atoms with E-state index < -0.39 is 23.9 Å². The van der Waals surface area contributed by atoms with Gasteiger partial charge in [-0.05, 0) is 30.3 Å². The molecule has 0 aliphatic heterocycles. The van der Waals surface area contributed by atoms with E-state index in [-0.39, 0.29) is 17.7 Å². The van der Waals surface area contributed by atoms with Crippen molar-refractivity contribution in [1.82, 2.24) is 15.4 Å². The molecule has 0 atom stereocenters. The third-order valence-electron chi connectivity index (χ3n) is 2.88. The second-order valence-corrected chi connectivity index (χ2v) is 4.74. The van der Waals surface area contributed by atoms with Gasteiger partial charge in [0, 0.05) is 17.8 Å². The van der Waals surface area contributed by atoms with Crippen molar-refractivity contribution in [3.63, 3.8) is 0 Å². The van der Waals surface area contributed by atoms with E-state index in [0.29, 0.717) is 0 Å². The highest BCUT2D eigenvalue weighted by atomic mass is 19.4. The Kier molecular flexibility index (Phi) is 5.42. The Hall–Kier alpha value is -3.30. The molecule has 2 N–H and O–H groups in total. The summed E-state index contributed by atoms with van der Waals surface area (Å²) in [7, 11) is 0. The van der Waals surface area contributed by atoms with Crippen LogP contribution in [0.15, 0.2) is 53.5 Å². The fourth-order valence-electron chi connectivity index (χ4n) is 1.79. The minimum absolute atomic E-state index is 0.00621. The molecule has 2 aromatic rings. The lowest BCUT2D eigenvalue weighted by molar-refractivity contribution is -0.274. The number of rotatable bonds is 4. The van der Waals surface area contributed by atoms with Crippen molar-refractivity contribution in [2.45, 2.75) is 12.9 Å². The van der Waals surface area contributed by atoms with Crippen molar-refractivity contribution in [3.8, 4) is 5.75 Å². The molecule has 10 heteroatoms. The predicted molar refractivity (Wildman–Crippen MR) is 79.4 cm³/mol. The molecule has 1 aromatic heterocycles. The fraction of sp³-hybridized carbons (Fsp3) is 0.133.